The van der Waals surface area contributed by atoms with Crippen LogP contribution in [0.2, 0.25) is 0 Å². The lowest BCUT2D eigenvalue weighted by molar-refractivity contribution is -0.141. The number of aromatic nitrogens is 4. The first-order valence-electron chi connectivity index (χ1n) is 8.54. The number of amides is 1. The maximum atomic E-state index is 12.8. The van der Waals surface area contributed by atoms with E-state index in [1.54, 1.807) is 29.1 Å². The molecule has 3 aromatic rings. The van der Waals surface area contributed by atoms with Crippen LogP contribution in [-0.4, -0.2) is 25.9 Å². The van der Waals surface area contributed by atoms with E-state index in [-0.39, 0.29) is 11.6 Å². The molecule has 3 rings (SSSR count). The third-order valence-corrected chi connectivity index (χ3v) is 4.24. The highest BCUT2D eigenvalue weighted by Crippen LogP contribution is 2.27. The summed E-state index contributed by atoms with van der Waals surface area (Å²) in [4.78, 5) is 15.7. The van der Waals surface area contributed by atoms with Crippen molar-refractivity contribution in [3.8, 4) is 0 Å². The summed E-state index contributed by atoms with van der Waals surface area (Å²) in [6, 6.07) is 10.4. The van der Waals surface area contributed by atoms with Gasteiger partial charge in [-0.2, -0.15) is 13.2 Å². The van der Waals surface area contributed by atoms with Crippen molar-refractivity contribution in [2.45, 2.75) is 32.5 Å². The van der Waals surface area contributed by atoms with Gasteiger partial charge < -0.3 is 5.32 Å². The number of aryl methyl sites for hydroxylation is 1. The molecule has 9 heteroatoms. The summed E-state index contributed by atoms with van der Waals surface area (Å²) in [6.45, 7) is 4.53. The van der Waals surface area contributed by atoms with Crippen LogP contribution in [0.1, 0.15) is 40.3 Å². The van der Waals surface area contributed by atoms with Crippen LogP contribution >= 0.6 is 0 Å². The number of carbonyl (C=O) groups excluding carboxylic acids is 1. The van der Waals surface area contributed by atoms with Crippen molar-refractivity contribution in [2.75, 3.05) is 5.32 Å². The summed E-state index contributed by atoms with van der Waals surface area (Å²) < 4.78 is 40.1. The number of hydrogen-bond donors (Lipinski definition) is 1. The van der Waals surface area contributed by atoms with Gasteiger partial charge in [-0.3, -0.25) is 4.79 Å². The molecule has 0 aliphatic heterocycles. The molecule has 1 atom stereocenters. The zero-order chi connectivity index (χ0) is 20.3. The summed E-state index contributed by atoms with van der Waals surface area (Å²) in [6.07, 6.45) is -2.93. The highest BCUT2D eigenvalue weighted by atomic mass is 19.4. The molecule has 0 saturated carbocycles. The van der Waals surface area contributed by atoms with E-state index >= 15 is 0 Å². The fraction of sp³-hybridized carbons (Fsp3) is 0.263. The van der Waals surface area contributed by atoms with Gasteiger partial charge in [-0.25, -0.2) is 9.67 Å². The van der Waals surface area contributed by atoms with Crippen molar-refractivity contribution in [3.05, 3.63) is 71.3 Å². The Balaban J connectivity index is 1.74. The molecule has 0 unspecified atom stereocenters. The maximum absolute atomic E-state index is 12.8. The lowest BCUT2D eigenvalue weighted by atomic mass is 10.0. The predicted molar refractivity (Wildman–Crippen MR) is 96.8 cm³/mol. The molecular weight excluding hydrogens is 371 g/mol. The van der Waals surface area contributed by atoms with Gasteiger partial charge in [-0.1, -0.05) is 30.3 Å². The monoisotopic (exact) mass is 389 g/mol. The second-order valence-electron chi connectivity index (χ2n) is 6.44. The normalized spacial score (nSPS) is 12.6. The van der Waals surface area contributed by atoms with Gasteiger partial charge in [0.25, 0.3) is 5.91 Å². The van der Waals surface area contributed by atoms with Crippen molar-refractivity contribution < 1.29 is 18.0 Å². The molecule has 1 amide bonds. The fourth-order valence-electron chi connectivity index (χ4n) is 2.69. The van der Waals surface area contributed by atoms with Crippen LogP contribution in [0.15, 0.2) is 48.7 Å². The lowest BCUT2D eigenvalue weighted by Gasteiger charge is -2.14. The van der Waals surface area contributed by atoms with Crippen LogP contribution in [-0.2, 0) is 12.7 Å². The summed E-state index contributed by atoms with van der Waals surface area (Å²) in [5.74, 6) is -0.619. The highest BCUT2D eigenvalue weighted by Gasteiger charge is 2.32. The Bertz CT molecular complexity index is 983. The Hall–Kier alpha value is -3.23. The molecule has 0 aliphatic rings. The van der Waals surface area contributed by atoms with Crippen LogP contribution in [0.3, 0.4) is 0 Å². The quantitative estimate of drug-likeness (QED) is 0.714. The Morgan fingerprint density at radius 1 is 1.21 bits per heavy atom. The minimum Gasteiger partial charge on any atom is -0.321 e. The molecule has 0 bridgehead atoms. The zero-order valence-corrected chi connectivity index (χ0v) is 15.2. The lowest BCUT2D eigenvalue weighted by Crippen LogP contribution is -2.17. The molecule has 1 N–H and O–H groups in total. The van der Waals surface area contributed by atoms with Crippen molar-refractivity contribution in [1.29, 1.82) is 0 Å². The number of benzene rings is 1. The molecule has 146 valence electrons. The number of rotatable bonds is 5. The second kappa shape index (κ2) is 7.79. The standard InChI is InChI=1S/C19H18F3N5O/c1-12(11-27-13(2)10-23-26-27)14-5-3-6-15(9-14)24-18(28)16-7-4-8-17(25-16)19(20,21)22/h3-10,12H,11H2,1-2H3,(H,24,28)/t12-/m1/s1. The first-order valence-corrected chi connectivity index (χ1v) is 8.54. The number of halogens is 3. The molecule has 1 aromatic carbocycles. The van der Waals surface area contributed by atoms with Crippen LogP contribution in [0, 0.1) is 6.92 Å². The van der Waals surface area contributed by atoms with Gasteiger partial charge in [0, 0.05) is 18.2 Å². The Labute approximate surface area is 159 Å². The summed E-state index contributed by atoms with van der Waals surface area (Å²) in [5.41, 5.74) is 0.956. The van der Waals surface area contributed by atoms with E-state index in [1.807, 2.05) is 19.9 Å². The number of anilines is 1. The Morgan fingerprint density at radius 3 is 2.64 bits per heavy atom. The smallest absolute Gasteiger partial charge is 0.321 e. The van der Waals surface area contributed by atoms with Crippen LogP contribution < -0.4 is 5.32 Å². The molecule has 2 aromatic heterocycles. The number of carbonyl (C=O) groups is 1. The van der Waals surface area contributed by atoms with Crippen LogP contribution in [0.25, 0.3) is 0 Å². The minimum atomic E-state index is -4.61. The number of alkyl halides is 3. The average Bonchev–Trinajstić information content (AvgIpc) is 3.06. The fourth-order valence-corrected chi connectivity index (χ4v) is 2.69. The van der Waals surface area contributed by atoms with Gasteiger partial charge in [0.1, 0.15) is 11.4 Å². The first kappa shape index (κ1) is 19.5. The second-order valence-corrected chi connectivity index (χ2v) is 6.44. The Morgan fingerprint density at radius 2 is 1.96 bits per heavy atom. The maximum Gasteiger partial charge on any atom is 0.433 e. The molecule has 0 aliphatic carbocycles. The first-order chi connectivity index (χ1) is 13.2. The van der Waals surface area contributed by atoms with E-state index in [4.69, 9.17) is 0 Å². The summed E-state index contributed by atoms with van der Waals surface area (Å²) in [7, 11) is 0. The number of pyridine rings is 1. The van der Waals surface area contributed by atoms with Gasteiger partial charge in [-0.05, 0) is 36.8 Å². The van der Waals surface area contributed by atoms with Gasteiger partial charge >= 0.3 is 6.18 Å². The SMILES string of the molecule is Cc1cnnn1C[C@@H](C)c1cccc(NC(=O)c2cccc(C(F)(F)F)n2)c1. The summed E-state index contributed by atoms with van der Waals surface area (Å²) in [5, 5.41) is 10.5. The average molecular weight is 389 g/mol. The van der Waals surface area contributed by atoms with E-state index in [0.29, 0.717) is 12.2 Å². The van der Waals surface area contributed by atoms with Gasteiger partial charge in [0.15, 0.2) is 0 Å². The van der Waals surface area contributed by atoms with Gasteiger partial charge in [0.05, 0.1) is 11.9 Å². The highest BCUT2D eigenvalue weighted by molar-refractivity contribution is 6.02. The number of nitrogens with zero attached hydrogens (tertiary/aromatic N) is 4. The van der Waals surface area contributed by atoms with Crippen molar-refractivity contribution >= 4 is 11.6 Å². The van der Waals surface area contributed by atoms with Crippen LogP contribution in [0.4, 0.5) is 18.9 Å². The molecule has 2 heterocycles. The summed E-state index contributed by atoms with van der Waals surface area (Å²) >= 11 is 0. The third-order valence-electron chi connectivity index (χ3n) is 4.24. The molecule has 0 radical (unpaired) electrons. The molecule has 0 spiro atoms. The largest absolute Gasteiger partial charge is 0.433 e. The zero-order valence-electron chi connectivity index (χ0n) is 15.2. The van der Waals surface area contributed by atoms with Crippen molar-refractivity contribution in [2.24, 2.45) is 0 Å². The topological polar surface area (TPSA) is 72.7 Å². The minimum absolute atomic E-state index is 0.0870. The molecule has 28 heavy (non-hydrogen) atoms. The Kier molecular flexibility index (Phi) is 5.43. The van der Waals surface area contributed by atoms with E-state index in [2.05, 4.69) is 20.6 Å². The van der Waals surface area contributed by atoms with Crippen LogP contribution in [0.5, 0.6) is 0 Å². The van der Waals surface area contributed by atoms with E-state index < -0.39 is 17.8 Å². The number of nitrogens with one attached hydrogen (secondary N) is 1. The number of hydrogen-bond acceptors (Lipinski definition) is 4. The molecule has 0 saturated heterocycles. The van der Waals surface area contributed by atoms with E-state index in [1.165, 1.54) is 6.07 Å². The van der Waals surface area contributed by atoms with Crippen molar-refractivity contribution in [3.63, 3.8) is 0 Å². The van der Waals surface area contributed by atoms with E-state index in [0.717, 1.165) is 23.4 Å². The predicted octanol–water partition coefficient (Wildman–Crippen LogP) is 4.06. The molecular formula is C19H18F3N5O. The molecule has 6 nitrogen and oxygen atoms in total. The van der Waals surface area contributed by atoms with E-state index in [9.17, 15) is 18.0 Å². The van der Waals surface area contributed by atoms with Gasteiger partial charge in [0.2, 0.25) is 0 Å². The third kappa shape index (κ3) is 4.54. The van der Waals surface area contributed by atoms with Crippen molar-refractivity contribution in [1.82, 2.24) is 20.0 Å². The molecule has 0 fully saturated rings. The van der Waals surface area contributed by atoms with Gasteiger partial charge in [-0.15, -0.1) is 5.10 Å².